The van der Waals surface area contributed by atoms with Gasteiger partial charge in [-0.25, -0.2) is 0 Å². The summed E-state index contributed by atoms with van der Waals surface area (Å²) in [5.74, 6) is 0. The van der Waals surface area contributed by atoms with Gasteiger partial charge in [0.15, 0.2) is 0 Å². The number of hydrogen-bond acceptors (Lipinski definition) is 2. The third-order valence-electron chi connectivity index (χ3n) is 4.42. The molecule has 1 aliphatic rings. The fourth-order valence-corrected chi connectivity index (χ4v) is 3.05. The van der Waals surface area contributed by atoms with Crippen molar-refractivity contribution in [2.45, 2.75) is 52.1 Å². The highest BCUT2D eigenvalue weighted by Gasteiger charge is 2.28. The summed E-state index contributed by atoms with van der Waals surface area (Å²) in [4.78, 5) is 2.46. The van der Waals surface area contributed by atoms with E-state index in [9.17, 15) is 0 Å². The number of rotatable bonds is 3. The Labute approximate surface area is 121 Å². The molecule has 0 aromatic heterocycles. The van der Waals surface area contributed by atoms with Crippen LogP contribution in [0.4, 0.5) is 5.69 Å². The minimum Gasteiger partial charge on any atom is -0.398 e. The molecule has 1 aliphatic carbocycles. The Bertz CT molecular complexity index is 432. The summed E-state index contributed by atoms with van der Waals surface area (Å²) >= 11 is 5.96. The zero-order chi connectivity index (χ0) is 14.0. The molecule has 0 bridgehead atoms. The summed E-state index contributed by atoms with van der Waals surface area (Å²) in [5.41, 5.74) is 8.31. The summed E-state index contributed by atoms with van der Waals surface area (Å²) < 4.78 is 0. The third kappa shape index (κ3) is 3.87. The topological polar surface area (TPSA) is 29.3 Å². The molecule has 1 fully saturated rings. The average molecular weight is 281 g/mol. The predicted octanol–water partition coefficient (Wildman–Crippen LogP) is 4.32. The van der Waals surface area contributed by atoms with Crippen molar-refractivity contribution in [1.82, 2.24) is 4.90 Å². The molecule has 2 rings (SSSR count). The highest BCUT2D eigenvalue weighted by molar-refractivity contribution is 6.33. The van der Waals surface area contributed by atoms with Crippen LogP contribution in [-0.2, 0) is 6.54 Å². The molecule has 0 aliphatic heterocycles. The van der Waals surface area contributed by atoms with Gasteiger partial charge in [0.25, 0.3) is 0 Å². The first kappa shape index (κ1) is 14.7. The molecular weight excluding hydrogens is 256 g/mol. The maximum absolute atomic E-state index is 5.96. The van der Waals surface area contributed by atoms with E-state index in [1.807, 2.05) is 12.1 Å². The number of nitrogens with two attached hydrogens (primary N) is 1. The molecule has 106 valence electrons. The molecule has 1 aromatic rings. The van der Waals surface area contributed by atoms with Crippen molar-refractivity contribution in [2.24, 2.45) is 5.41 Å². The zero-order valence-electron chi connectivity index (χ0n) is 12.2. The van der Waals surface area contributed by atoms with Crippen LogP contribution in [-0.4, -0.2) is 18.0 Å². The molecule has 0 atom stereocenters. The quantitative estimate of drug-likeness (QED) is 0.836. The van der Waals surface area contributed by atoms with E-state index in [0.717, 1.165) is 6.54 Å². The van der Waals surface area contributed by atoms with Crippen molar-refractivity contribution < 1.29 is 0 Å². The van der Waals surface area contributed by atoms with Crippen LogP contribution in [0.1, 0.15) is 45.1 Å². The first-order valence-electron chi connectivity index (χ1n) is 7.11. The van der Waals surface area contributed by atoms with Crippen LogP contribution >= 0.6 is 11.6 Å². The van der Waals surface area contributed by atoms with Crippen LogP contribution < -0.4 is 5.73 Å². The molecule has 1 saturated carbocycles. The summed E-state index contributed by atoms with van der Waals surface area (Å²) in [6.07, 6.45) is 5.24. The lowest BCUT2D eigenvalue weighted by atomic mass is 9.75. The Morgan fingerprint density at radius 1 is 1.32 bits per heavy atom. The van der Waals surface area contributed by atoms with Crippen LogP contribution in [0.25, 0.3) is 0 Å². The number of nitrogen functional groups attached to an aromatic ring is 1. The number of benzene rings is 1. The Morgan fingerprint density at radius 2 is 1.95 bits per heavy atom. The molecule has 19 heavy (non-hydrogen) atoms. The highest BCUT2D eigenvalue weighted by atomic mass is 35.5. The van der Waals surface area contributed by atoms with Crippen LogP contribution in [0.15, 0.2) is 18.2 Å². The van der Waals surface area contributed by atoms with E-state index in [1.165, 1.54) is 31.2 Å². The van der Waals surface area contributed by atoms with Crippen molar-refractivity contribution in [3.05, 3.63) is 28.8 Å². The van der Waals surface area contributed by atoms with Gasteiger partial charge in [-0.3, -0.25) is 4.90 Å². The largest absolute Gasteiger partial charge is 0.398 e. The molecule has 1 aromatic carbocycles. The molecule has 0 radical (unpaired) electrons. The summed E-state index contributed by atoms with van der Waals surface area (Å²) in [6.45, 7) is 5.71. The van der Waals surface area contributed by atoms with Crippen molar-refractivity contribution in [1.29, 1.82) is 0 Å². The zero-order valence-corrected chi connectivity index (χ0v) is 13.0. The van der Waals surface area contributed by atoms with Gasteiger partial charge in [-0.1, -0.05) is 31.5 Å². The first-order valence-corrected chi connectivity index (χ1v) is 7.49. The fraction of sp³-hybridized carbons (Fsp3) is 0.625. The van der Waals surface area contributed by atoms with Gasteiger partial charge < -0.3 is 5.73 Å². The van der Waals surface area contributed by atoms with Crippen LogP contribution in [0.5, 0.6) is 0 Å². The number of halogens is 1. The van der Waals surface area contributed by atoms with Gasteiger partial charge in [-0.15, -0.1) is 0 Å². The lowest BCUT2D eigenvalue weighted by Crippen LogP contribution is -2.36. The van der Waals surface area contributed by atoms with E-state index < -0.39 is 0 Å². The number of nitrogens with zero attached hydrogens (tertiary/aromatic N) is 1. The smallest absolute Gasteiger partial charge is 0.0635 e. The van der Waals surface area contributed by atoms with E-state index in [1.54, 1.807) is 0 Å². The van der Waals surface area contributed by atoms with Crippen molar-refractivity contribution in [2.75, 3.05) is 12.8 Å². The van der Waals surface area contributed by atoms with Gasteiger partial charge in [0.05, 0.1) is 10.7 Å². The Balaban J connectivity index is 1.94. The lowest BCUT2D eigenvalue weighted by molar-refractivity contribution is 0.123. The van der Waals surface area contributed by atoms with Crippen molar-refractivity contribution in [3.8, 4) is 0 Å². The van der Waals surface area contributed by atoms with Crippen LogP contribution in [0, 0.1) is 5.41 Å². The highest BCUT2D eigenvalue weighted by Crippen LogP contribution is 2.37. The normalized spacial score (nSPS) is 19.8. The van der Waals surface area contributed by atoms with Gasteiger partial charge >= 0.3 is 0 Å². The minimum absolute atomic E-state index is 0.530. The van der Waals surface area contributed by atoms with Crippen LogP contribution in [0.2, 0.25) is 5.02 Å². The maximum atomic E-state index is 5.96. The van der Waals surface area contributed by atoms with Gasteiger partial charge in [0.2, 0.25) is 0 Å². The second-order valence-electron chi connectivity index (χ2n) is 6.67. The van der Waals surface area contributed by atoms with Gasteiger partial charge in [0.1, 0.15) is 0 Å². The molecule has 0 heterocycles. The lowest BCUT2D eigenvalue weighted by Gasteiger charge is -2.38. The third-order valence-corrected chi connectivity index (χ3v) is 4.77. The molecule has 3 heteroatoms. The molecule has 2 N–H and O–H groups in total. The summed E-state index contributed by atoms with van der Waals surface area (Å²) in [5, 5.41) is 0.644. The molecule has 0 amide bonds. The fourth-order valence-electron chi connectivity index (χ4n) is 2.93. The molecule has 2 nitrogen and oxygen atoms in total. The van der Waals surface area contributed by atoms with E-state index in [2.05, 4.69) is 31.9 Å². The van der Waals surface area contributed by atoms with Gasteiger partial charge in [0, 0.05) is 12.6 Å². The maximum Gasteiger partial charge on any atom is 0.0635 e. The standard InChI is InChI=1S/C16H25ClN2/c1-16(2)8-6-13(7-9-16)19(3)11-12-4-5-14(17)15(18)10-12/h4-5,10,13H,6-9,11,18H2,1-3H3. The number of hydrogen-bond donors (Lipinski definition) is 1. The van der Waals surface area contributed by atoms with E-state index in [4.69, 9.17) is 17.3 Å². The van der Waals surface area contributed by atoms with Crippen molar-refractivity contribution >= 4 is 17.3 Å². The Kier molecular flexibility index (Phi) is 4.42. The Morgan fingerprint density at radius 3 is 2.53 bits per heavy atom. The SMILES string of the molecule is CN(Cc1ccc(Cl)c(N)c1)C1CCC(C)(C)CC1. The minimum atomic E-state index is 0.530. The van der Waals surface area contributed by atoms with Gasteiger partial charge in [-0.05, 0) is 55.8 Å². The predicted molar refractivity (Wildman–Crippen MR) is 83.4 cm³/mol. The molecule has 0 unspecified atom stereocenters. The number of anilines is 1. The van der Waals surface area contributed by atoms with Crippen molar-refractivity contribution in [3.63, 3.8) is 0 Å². The Hall–Kier alpha value is -0.730. The second kappa shape index (κ2) is 5.72. The van der Waals surface area contributed by atoms with E-state index in [0.29, 0.717) is 22.2 Å². The summed E-state index contributed by atoms with van der Waals surface area (Å²) in [7, 11) is 2.22. The average Bonchev–Trinajstić information content (AvgIpc) is 2.33. The molecular formula is C16H25ClN2. The molecule has 0 saturated heterocycles. The molecule has 0 spiro atoms. The first-order chi connectivity index (χ1) is 8.87. The van der Waals surface area contributed by atoms with E-state index in [-0.39, 0.29) is 0 Å². The second-order valence-corrected chi connectivity index (χ2v) is 7.07. The summed E-state index contributed by atoms with van der Waals surface area (Å²) in [6, 6.07) is 6.65. The van der Waals surface area contributed by atoms with Crippen LogP contribution in [0.3, 0.4) is 0 Å². The monoisotopic (exact) mass is 280 g/mol. The van der Waals surface area contributed by atoms with Gasteiger partial charge in [-0.2, -0.15) is 0 Å². The van der Waals surface area contributed by atoms with E-state index >= 15 is 0 Å².